The molecule has 150 valence electrons. The van der Waals surface area contributed by atoms with Gasteiger partial charge in [0.05, 0.1) is 6.26 Å². The average Bonchev–Trinajstić information content (AvgIpc) is 3.00. The van der Waals surface area contributed by atoms with Crippen molar-refractivity contribution in [3.05, 3.63) is 35.5 Å². The van der Waals surface area contributed by atoms with E-state index in [9.17, 15) is 8.42 Å². The largest absolute Gasteiger partial charge is 0.361 e. The molecule has 27 heavy (non-hydrogen) atoms. The minimum Gasteiger partial charge on any atom is -0.361 e. The number of thioether (sulfide) groups is 1. The molecular formula is C20H30N2O3S2. The molecule has 1 fully saturated rings. The fourth-order valence-electron chi connectivity index (χ4n) is 4.80. The van der Waals surface area contributed by atoms with E-state index in [0.29, 0.717) is 12.3 Å². The minimum absolute atomic E-state index is 0.715. The Hall–Kier alpha value is -1.02. The second-order valence-corrected chi connectivity index (χ2v) is 10.1. The summed E-state index contributed by atoms with van der Waals surface area (Å²) in [5, 5.41) is 1.53. The number of aromatic nitrogens is 1. The van der Waals surface area contributed by atoms with Gasteiger partial charge in [-0.1, -0.05) is 19.1 Å². The van der Waals surface area contributed by atoms with Crippen LogP contribution in [0.5, 0.6) is 0 Å². The molecule has 0 spiro atoms. The van der Waals surface area contributed by atoms with Crippen LogP contribution in [0, 0.1) is 5.92 Å². The van der Waals surface area contributed by atoms with Gasteiger partial charge in [-0.25, -0.2) is 0 Å². The van der Waals surface area contributed by atoms with Crippen molar-refractivity contribution in [3.63, 3.8) is 0 Å². The topological polar surface area (TPSA) is 73.4 Å². The predicted octanol–water partition coefficient (Wildman–Crippen LogP) is 3.78. The monoisotopic (exact) mass is 410 g/mol. The van der Waals surface area contributed by atoms with E-state index in [1.807, 2.05) is 11.8 Å². The quantitative estimate of drug-likeness (QED) is 0.751. The molecule has 1 aromatic carbocycles. The van der Waals surface area contributed by atoms with Crippen LogP contribution in [0.25, 0.3) is 10.9 Å². The second-order valence-electron chi connectivity index (χ2n) is 7.75. The Morgan fingerprint density at radius 1 is 1.37 bits per heavy atom. The highest BCUT2D eigenvalue weighted by molar-refractivity contribution is 7.98. The van der Waals surface area contributed by atoms with E-state index in [1.165, 1.54) is 54.6 Å². The Balaban J connectivity index is 0.000000376. The third-order valence-electron chi connectivity index (χ3n) is 5.57. The third kappa shape index (κ3) is 4.88. The van der Waals surface area contributed by atoms with Crippen molar-refractivity contribution in [2.24, 2.45) is 5.92 Å². The summed E-state index contributed by atoms with van der Waals surface area (Å²) in [5.41, 5.74) is 4.48. The number of hydrogen-bond donors (Lipinski definition) is 2. The Morgan fingerprint density at radius 3 is 2.78 bits per heavy atom. The summed E-state index contributed by atoms with van der Waals surface area (Å²) in [5.74, 6) is 2.88. The Morgan fingerprint density at radius 2 is 2.11 bits per heavy atom. The lowest BCUT2D eigenvalue weighted by Gasteiger charge is -2.47. The van der Waals surface area contributed by atoms with Gasteiger partial charge in [-0.2, -0.15) is 20.2 Å². The van der Waals surface area contributed by atoms with Crippen LogP contribution in [0.2, 0.25) is 0 Å². The summed E-state index contributed by atoms with van der Waals surface area (Å²) in [6, 6.07) is 7.58. The SMILES string of the molecule is CCCN1CC(CSC)CC2c3cccc4[nH]cc(c34)CC21.CS(=O)(=O)O. The number of nitrogens with zero attached hydrogens (tertiary/aromatic N) is 1. The predicted molar refractivity (Wildman–Crippen MR) is 114 cm³/mol. The molecule has 3 atom stereocenters. The molecular weight excluding hydrogens is 380 g/mol. The van der Waals surface area contributed by atoms with Gasteiger partial charge in [0.1, 0.15) is 0 Å². The first-order chi connectivity index (χ1) is 12.8. The van der Waals surface area contributed by atoms with Gasteiger partial charge in [-0.15, -0.1) is 0 Å². The van der Waals surface area contributed by atoms with Crippen molar-refractivity contribution in [2.75, 3.05) is 31.4 Å². The maximum Gasteiger partial charge on any atom is 0.261 e. The molecule has 5 nitrogen and oxygen atoms in total. The lowest BCUT2D eigenvalue weighted by Crippen LogP contribution is -2.50. The Bertz CT molecular complexity index is 870. The van der Waals surface area contributed by atoms with Gasteiger partial charge in [0, 0.05) is 35.6 Å². The van der Waals surface area contributed by atoms with E-state index in [-0.39, 0.29) is 0 Å². The zero-order valence-electron chi connectivity index (χ0n) is 16.3. The smallest absolute Gasteiger partial charge is 0.261 e. The Kier molecular flexibility index (Phi) is 6.56. The highest BCUT2D eigenvalue weighted by Gasteiger charge is 2.40. The lowest BCUT2D eigenvalue weighted by molar-refractivity contribution is 0.0926. The van der Waals surface area contributed by atoms with Crippen molar-refractivity contribution in [1.82, 2.24) is 9.88 Å². The van der Waals surface area contributed by atoms with Gasteiger partial charge < -0.3 is 4.98 Å². The number of rotatable bonds is 4. The van der Waals surface area contributed by atoms with Crippen molar-refractivity contribution in [2.45, 2.75) is 38.1 Å². The highest BCUT2D eigenvalue weighted by Crippen LogP contribution is 2.45. The molecule has 0 radical (unpaired) electrons. The van der Waals surface area contributed by atoms with Crippen LogP contribution in [-0.2, 0) is 16.5 Å². The zero-order chi connectivity index (χ0) is 19.6. The van der Waals surface area contributed by atoms with Crippen molar-refractivity contribution in [1.29, 1.82) is 0 Å². The van der Waals surface area contributed by atoms with Gasteiger partial charge in [0.15, 0.2) is 0 Å². The number of likely N-dealkylation sites (tertiary alicyclic amines) is 1. The average molecular weight is 411 g/mol. The first-order valence-corrected chi connectivity index (χ1v) is 12.8. The van der Waals surface area contributed by atoms with Gasteiger partial charge >= 0.3 is 0 Å². The number of benzene rings is 1. The van der Waals surface area contributed by atoms with Crippen LogP contribution >= 0.6 is 11.8 Å². The molecule has 0 bridgehead atoms. The van der Waals surface area contributed by atoms with Crippen LogP contribution < -0.4 is 0 Å². The first-order valence-electron chi connectivity index (χ1n) is 9.56. The minimum atomic E-state index is -3.67. The van der Waals surface area contributed by atoms with Gasteiger partial charge in [0.25, 0.3) is 10.1 Å². The number of hydrogen-bond acceptors (Lipinski definition) is 4. The summed E-state index contributed by atoms with van der Waals surface area (Å²) in [7, 11) is -3.67. The molecule has 1 aliphatic heterocycles. The highest BCUT2D eigenvalue weighted by atomic mass is 32.2. The number of fused-ring (bicyclic) bond motifs is 2. The van der Waals surface area contributed by atoms with Crippen LogP contribution in [-0.4, -0.2) is 60.3 Å². The molecule has 4 rings (SSSR count). The molecule has 1 saturated heterocycles. The van der Waals surface area contributed by atoms with Crippen LogP contribution in [0.4, 0.5) is 0 Å². The summed E-state index contributed by atoms with van der Waals surface area (Å²) in [4.78, 5) is 6.29. The van der Waals surface area contributed by atoms with E-state index >= 15 is 0 Å². The fourth-order valence-corrected chi connectivity index (χ4v) is 5.51. The van der Waals surface area contributed by atoms with E-state index in [1.54, 1.807) is 5.56 Å². The molecule has 1 aromatic heterocycles. The van der Waals surface area contributed by atoms with Gasteiger partial charge in [-0.3, -0.25) is 9.45 Å². The molecule has 3 unspecified atom stereocenters. The zero-order valence-corrected chi connectivity index (χ0v) is 17.9. The van der Waals surface area contributed by atoms with E-state index in [4.69, 9.17) is 4.55 Å². The lowest BCUT2D eigenvalue weighted by atomic mass is 9.72. The summed E-state index contributed by atoms with van der Waals surface area (Å²) in [6.45, 7) is 4.87. The standard InChI is InChI=1S/C19H26N2S.CH4O3S/c1-3-7-21-11-13(12-22-2)8-16-15-5-4-6-17-19(15)14(10-20-17)9-18(16)21;1-5(2,3)4/h4-6,10,13,16,18,20H,3,7-9,11-12H2,1-2H3;1H3,(H,2,3,4). The molecule has 2 N–H and O–H groups in total. The van der Waals surface area contributed by atoms with Crippen LogP contribution in [0.15, 0.2) is 24.4 Å². The normalized spacial score (nSPS) is 25.0. The van der Waals surface area contributed by atoms with E-state index in [0.717, 1.165) is 11.8 Å². The van der Waals surface area contributed by atoms with Crippen LogP contribution in [0.1, 0.15) is 36.8 Å². The molecule has 0 amide bonds. The molecule has 7 heteroatoms. The van der Waals surface area contributed by atoms with Crippen molar-refractivity contribution < 1.29 is 13.0 Å². The first kappa shape index (κ1) is 20.7. The summed E-state index contributed by atoms with van der Waals surface area (Å²) >= 11 is 2.01. The summed E-state index contributed by atoms with van der Waals surface area (Å²) in [6.07, 6.45) is 9.08. The third-order valence-corrected chi connectivity index (χ3v) is 6.38. The fraction of sp³-hybridized carbons (Fsp3) is 0.600. The van der Waals surface area contributed by atoms with Crippen molar-refractivity contribution >= 4 is 32.8 Å². The molecule has 2 aliphatic rings. The molecule has 1 aliphatic carbocycles. The summed E-state index contributed by atoms with van der Waals surface area (Å²) < 4.78 is 25.9. The second kappa shape index (κ2) is 8.55. The van der Waals surface area contributed by atoms with Crippen LogP contribution in [0.3, 0.4) is 0 Å². The number of H-pyrrole nitrogens is 1. The maximum atomic E-state index is 9.19. The molecule has 0 saturated carbocycles. The Labute approximate surface area is 166 Å². The van der Waals surface area contributed by atoms with E-state index < -0.39 is 10.1 Å². The maximum absolute atomic E-state index is 9.19. The molecule has 2 aromatic rings. The van der Waals surface area contributed by atoms with Crippen molar-refractivity contribution in [3.8, 4) is 0 Å². The number of nitrogens with one attached hydrogen (secondary N) is 1. The number of piperidine rings is 1. The van der Waals surface area contributed by atoms with Gasteiger partial charge in [-0.05, 0) is 60.9 Å². The van der Waals surface area contributed by atoms with E-state index in [2.05, 4.69) is 47.5 Å². The number of aromatic amines is 1. The molecule has 2 heterocycles. The van der Waals surface area contributed by atoms with Gasteiger partial charge in [0.2, 0.25) is 0 Å².